The third kappa shape index (κ3) is 2.32. The molecule has 104 valence electrons. The number of hydrogen-bond donors (Lipinski definition) is 1. The molecule has 0 saturated carbocycles. The molecule has 1 aromatic heterocycles. The third-order valence-corrected chi connectivity index (χ3v) is 3.26. The van der Waals surface area contributed by atoms with Crippen LogP contribution in [0.4, 0.5) is 4.39 Å². The van der Waals surface area contributed by atoms with Crippen molar-refractivity contribution >= 4 is 0 Å². The summed E-state index contributed by atoms with van der Waals surface area (Å²) in [5.74, 6) is 0.531. The fraction of sp³-hybridized carbons (Fsp3) is 0.267. The first-order valence-electron chi connectivity index (χ1n) is 6.39. The van der Waals surface area contributed by atoms with Gasteiger partial charge in [0.2, 0.25) is 0 Å². The molecule has 1 unspecified atom stereocenters. The first-order valence-corrected chi connectivity index (χ1v) is 6.39. The van der Waals surface area contributed by atoms with Crippen molar-refractivity contribution in [3.63, 3.8) is 0 Å². The third-order valence-electron chi connectivity index (χ3n) is 3.26. The highest BCUT2D eigenvalue weighted by molar-refractivity contribution is 5.49. The molecule has 0 aliphatic carbocycles. The number of hydrogen-bond acceptors (Lipinski definition) is 4. The zero-order valence-electron chi connectivity index (χ0n) is 11.0. The second-order valence-electron chi connectivity index (χ2n) is 4.70. The lowest BCUT2D eigenvalue weighted by atomic mass is 10.0. The molecule has 20 heavy (non-hydrogen) atoms. The molecule has 1 aliphatic heterocycles. The maximum absolute atomic E-state index is 13.5. The lowest BCUT2D eigenvalue weighted by molar-refractivity contribution is 0.115. The van der Waals surface area contributed by atoms with Crippen LogP contribution in [0.5, 0.6) is 17.2 Å². The normalized spacial score (nSPS) is 17.2. The van der Waals surface area contributed by atoms with Gasteiger partial charge >= 0.3 is 0 Å². The Morgan fingerprint density at radius 1 is 1.40 bits per heavy atom. The van der Waals surface area contributed by atoms with Crippen LogP contribution in [0.25, 0.3) is 0 Å². The Morgan fingerprint density at radius 2 is 2.25 bits per heavy atom. The molecule has 3 rings (SSSR count). The van der Waals surface area contributed by atoms with E-state index in [9.17, 15) is 9.50 Å². The molecular weight excluding hydrogens is 261 g/mol. The Labute approximate surface area is 115 Å². The SMILES string of the molecule is Cc1cc2c(cc1Oc1cccnc1F)C(O)CCO2. The van der Waals surface area contributed by atoms with E-state index in [0.717, 1.165) is 5.56 Å². The molecule has 2 aromatic rings. The summed E-state index contributed by atoms with van der Waals surface area (Å²) in [6, 6.07) is 6.60. The predicted octanol–water partition coefficient (Wildman–Crippen LogP) is 3.14. The molecule has 1 aliphatic rings. The van der Waals surface area contributed by atoms with E-state index < -0.39 is 12.1 Å². The van der Waals surface area contributed by atoms with E-state index in [-0.39, 0.29) is 5.75 Å². The van der Waals surface area contributed by atoms with Gasteiger partial charge in [0, 0.05) is 18.2 Å². The van der Waals surface area contributed by atoms with Crippen LogP contribution in [0.2, 0.25) is 0 Å². The second-order valence-corrected chi connectivity index (χ2v) is 4.70. The Balaban J connectivity index is 1.98. The number of nitrogens with zero attached hydrogens (tertiary/aromatic N) is 1. The molecular formula is C15H14FNO3. The number of ether oxygens (including phenoxy) is 2. The highest BCUT2D eigenvalue weighted by atomic mass is 19.1. The van der Waals surface area contributed by atoms with E-state index in [1.54, 1.807) is 18.2 Å². The average Bonchev–Trinajstić information content (AvgIpc) is 2.43. The Morgan fingerprint density at radius 3 is 3.05 bits per heavy atom. The topological polar surface area (TPSA) is 51.6 Å². The summed E-state index contributed by atoms with van der Waals surface area (Å²) < 4.78 is 24.6. The molecule has 5 heteroatoms. The van der Waals surface area contributed by atoms with Gasteiger partial charge in [-0.2, -0.15) is 4.39 Å². The highest BCUT2D eigenvalue weighted by Gasteiger charge is 2.21. The van der Waals surface area contributed by atoms with Gasteiger partial charge in [0.25, 0.3) is 5.95 Å². The predicted molar refractivity (Wildman–Crippen MR) is 70.5 cm³/mol. The fourth-order valence-electron chi connectivity index (χ4n) is 2.17. The summed E-state index contributed by atoms with van der Waals surface area (Å²) in [6.07, 6.45) is 1.32. The number of aliphatic hydroxyl groups is 1. The molecule has 4 nitrogen and oxygen atoms in total. The van der Waals surface area contributed by atoms with Crippen molar-refractivity contribution in [2.45, 2.75) is 19.4 Å². The molecule has 0 amide bonds. The van der Waals surface area contributed by atoms with E-state index >= 15 is 0 Å². The van der Waals surface area contributed by atoms with Crippen LogP contribution in [0.3, 0.4) is 0 Å². The standard InChI is InChI=1S/C15H14FNO3/c1-9-7-14-10(11(18)4-6-19-14)8-13(9)20-12-3-2-5-17-15(12)16/h2-3,5,7-8,11,18H,4,6H2,1H3. The van der Waals surface area contributed by atoms with Gasteiger partial charge in [0.05, 0.1) is 12.7 Å². The molecule has 0 saturated heterocycles. The van der Waals surface area contributed by atoms with Gasteiger partial charge in [-0.15, -0.1) is 0 Å². The monoisotopic (exact) mass is 275 g/mol. The Bertz CT molecular complexity index is 645. The average molecular weight is 275 g/mol. The molecule has 1 aromatic carbocycles. The first kappa shape index (κ1) is 12.9. The van der Waals surface area contributed by atoms with Crippen LogP contribution in [0, 0.1) is 12.9 Å². The van der Waals surface area contributed by atoms with Gasteiger partial charge < -0.3 is 14.6 Å². The van der Waals surface area contributed by atoms with Crippen LogP contribution in [-0.2, 0) is 0 Å². The van der Waals surface area contributed by atoms with Crippen LogP contribution in [-0.4, -0.2) is 16.7 Å². The quantitative estimate of drug-likeness (QED) is 0.855. The number of aromatic nitrogens is 1. The Kier molecular flexibility index (Phi) is 3.28. The summed E-state index contributed by atoms with van der Waals surface area (Å²) in [7, 11) is 0. The van der Waals surface area contributed by atoms with Crippen LogP contribution in [0.1, 0.15) is 23.7 Å². The zero-order chi connectivity index (χ0) is 14.1. The molecule has 0 fully saturated rings. The van der Waals surface area contributed by atoms with Crippen molar-refractivity contribution in [2.24, 2.45) is 0 Å². The molecule has 0 bridgehead atoms. The van der Waals surface area contributed by atoms with Gasteiger partial charge in [0.1, 0.15) is 11.5 Å². The van der Waals surface area contributed by atoms with Gasteiger partial charge in [-0.3, -0.25) is 0 Å². The van der Waals surface area contributed by atoms with Gasteiger partial charge in [-0.25, -0.2) is 4.98 Å². The van der Waals surface area contributed by atoms with E-state index in [0.29, 0.717) is 30.1 Å². The molecule has 2 heterocycles. The smallest absolute Gasteiger partial charge is 0.255 e. The number of halogens is 1. The van der Waals surface area contributed by atoms with Crippen molar-refractivity contribution in [3.05, 3.63) is 47.5 Å². The summed E-state index contributed by atoms with van der Waals surface area (Å²) in [5.41, 5.74) is 1.47. The van der Waals surface area contributed by atoms with Crippen LogP contribution >= 0.6 is 0 Å². The number of rotatable bonds is 2. The maximum Gasteiger partial charge on any atom is 0.255 e. The van der Waals surface area contributed by atoms with E-state index in [1.807, 2.05) is 6.92 Å². The minimum absolute atomic E-state index is 0.0572. The molecule has 1 N–H and O–H groups in total. The van der Waals surface area contributed by atoms with Crippen molar-refractivity contribution in [2.75, 3.05) is 6.61 Å². The maximum atomic E-state index is 13.5. The van der Waals surface area contributed by atoms with E-state index in [2.05, 4.69) is 4.98 Å². The second kappa shape index (κ2) is 5.09. The van der Waals surface area contributed by atoms with Crippen LogP contribution in [0.15, 0.2) is 30.5 Å². The number of fused-ring (bicyclic) bond motifs is 1. The summed E-state index contributed by atoms with van der Waals surface area (Å²) in [4.78, 5) is 3.54. The van der Waals surface area contributed by atoms with Gasteiger partial charge in [-0.05, 0) is 36.8 Å². The van der Waals surface area contributed by atoms with Crippen molar-refractivity contribution in [1.82, 2.24) is 4.98 Å². The number of aliphatic hydroxyl groups excluding tert-OH is 1. The van der Waals surface area contributed by atoms with Crippen molar-refractivity contribution in [3.8, 4) is 17.2 Å². The van der Waals surface area contributed by atoms with Gasteiger partial charge in [-0.1, -0.05) is 0 Å². The minimum Gasteiger partial charge on any atom is -0.493 e. The largest absolute Gasteiger partial charge is 0.493 e. The Hall–Kier alpha value is -2.14. The molecule has 0 spiro atoms. The minimum atomic E-state index is -0.665. The highest BCUT2D eigenvalue weighted by Crippen LogP contribution is 2.38. The number of pyridine rings is 1. The zero-order valence-corrected chi connectivity index (χ0v) is 11.0. The number of aryl methyl sites for hydroxylation is 1. The van der Waals surface area contributed by atoms with E-state index in [4.69, 9.17) is 9.47 Å². The fourth-order valence-corrected chi connectivity index (χ4v) is 2.17. The summed E-state index contributed by atoms with van der Waals surface area (Å²) >= 11 is 0. The summed E-state index contributed by atoms with van der Waals surface area (Å²) in [6.45, 7) is 2.33. The molecule has 1 atom stereocenters. The lowest BCUT2D eigenvalue weighted by Crippen LogP contribution is -2.14. The van der Waals surface area contributed by atoms with Gasteiger partial charge in [0.15, 0.2) is 5.75 Å². The van der Waals surface area contributed by atoms with Crippen molar-refractivity contribution in [1.29, 1.82) is 0 Å². The first-order chi connectivity index (χ1) is 9.65. The molecule has 0 radical (unpaired) electrons. The van der Waals surface area contributed by atoms with E-state index in [1.165, 1.54) is 12.3 Å². The lowest BCUT2D eigenvalue weighted by Gasteiger charge is -2.23. The summed E-state index contributed by atoms with van der Waals surface area (Å²) in [5, 5.41) is 9.98. The number of benzene rings is 1. The van der Waals surface area contributed by atoms with Crippen LogP contribution < -0.4 is 9.47 Å². The van der Waals surface area contributed by atoms with Crippen molar-refractivity contribution < 1.29 is 19.0 Å².